The van der Waals surface area contributed by atoms with E-state index in [1.807, 2.05) is 0 Å². The van der Waals surface area contributed by atoms with Gasteiger partial charge in [0.25, 0.3) is 0 Å². The van der Waals surface area contributed by atoms with E-state index < -0.39 is 18.0 Å². The average molecular weight is 172 g/mol. The highest BCUT2D eigenvalue weighted by Gasteiger charge is 2.28. The van der Waals surface area contributed by atoms with Gasteiger partial charge in [-0.1, -0.05) is 0 Å². The molecular formula is C7H10NO4-. The third-order valence-electron chi connectivity index (χ3n) is 2.08. The SMILES string of the molecule is O=C([O-])C[C@H]1CC[C@@H](C(=O)[O-])[NH2+]1. The Hall–Kier alpha value is -1.10. The summed E-state index contributed by atoms with van der Waals surface area (Å²) in [6, 6.07) is -0.729. The van der Waals surface area contributed by atoms with Crippen LogP contribution in [-0.4, -0.2) is 24.0 Å². The molecule has 2 N–H and O–H groups in total. The molecule has 0 aromatic heterocycles. The van der Waals surface area contributed by atoms with E-state index in [1.54, 1.807) is 0 Å². The number of carbonyl (C=O) groups excluding carboxylic acids is 2. The number of carboxylic acids is 2. The molecular weight excluding hydrogens is 162 g/mol. The normalized spacial score (nSPS) is 28.7. The van der Waals surface area contributed by atoms with Crippen LogP contribution in [0.25, 0.3) is 0 Å². The highest BCUT2D eigenvalue weighted by molar-refractivity contribution is 5.70. The standard InChI is InChI=1S/C7H11NO4/c9-6(10)3-4-1-2-5(8-4)7(11)12/h4-5,8H,1-3H2,(H,9,10)(H,11,12)/p-1/t4-,5+/m1/s1. The minimum atomic E-state index is -1.13. The Morgan fingerprint density at radius 1 is 1.33 bits per heavy atom. The summed E-state index contributed by atoms with van der Waals surface area (Å²) in [7, 11) is 0. The molecule has 0 aliphatic carbocycles. The van der Waals surface area contributed by atoms with Gasteiger partial charge in [0.2, 0.25) is 0 Å². The van der Waals surface area contributed by atoms with Gasteiger partial charge < -0.3 is 25.1 Å². The maximum Gasteiger partial charge on any atom is 0.126 e. The molecule has 0 radical (unpaired) electrons. The van der Waals surface area contributed by atoms with Crippen molar-refractivity contribution < 1.29 is 25.1 Å². The van der Waals surface area contributed by atoms with Crippen LogP contribution in [0.1, 0.15) is 19.3 Å². The molecule has 1 fully saturated rings. The molecule has 1 rings (SSSR count). The Balaban J connectivity index is 2.35. The van der Waals surface area contributed by atoms with Crippen LogP contribution in [0.2, 0.25) is 0 Å². The van der Waals surface area contributed by atoms with Crippen molar-refractivity contribution in [3.63, 3.8) is 0 Å². The Labute approximate surface area is 69.4 Å². The monoisotopic (exact) mass is 172 g/mol. The summed E-state index contributed by atoms with van der Waals surface area (Å²) in [6.07, 6.45) is 1.01. The maximum atomic E-state index is 10.3. The second kappa shape index (κ2) is 3.53. The number of aliphatic carboxylic acids is 2. The first-order valence-electron chi connectivity index (χ1n) is 3.85. The number of quaternary nitrogens is 1. The van der Waals surface area contributed by atoms with Gasteiger partial charge in [-0.05, 0) is 0 Å². The van der Waals surface area contributed by atoms with Gasteiger partial charge in [-0.25, -0.2) is 0 Å². The number of rotatable bonds is 3. The van der Waals surface area contributed by atoms with E-state index in [4.69, 9.17) is 0 Å². The van der Waals surface area contributed by atoms with Crippen molar-refractivity contribution in [1.82, 2.24) is 0 Å². The first kappa shape index (κ1) is 8.99. The number of hydrogen-bond donors (Lipinski definition) is 1. The molecule has 1 aliphatic rings. The van der Waals surface area contributed by atoms with Crippen molar-refractivity contribution in [1.29, 1.82) is 0 Å². The summed E-state index contributed by atoms with van der Waals surface area (Å²) >= 11 is 0. The number of hydrogen-bond acceptors (Lipinski definition) is 4. The fraction of sp³-hybridized carbons (Fsp3) is 0.714. The van der Waals surface area contributed by atoms with E-state index in [0.29, 0.717) is 12.8 Å². The molecule has 0 aromatic carbocycles. The van der Waals surface area contributed by atoms with Gasteiger partial charge >= 0.3 is 0 Å². The van der Waals surface area contributed by atoms with Gasteiger partial charge in [-0.3, -0.25) is 0 Å². The Morgan fingerprint density at radius 3 is 2.42 bits per heavy atom. The Morgan fingerprint density at radius 2 is 2.00 bits per heavy atom. The van der Waals surface area contributed by atoms with Gasteiger partial charge in [-0.15, -0.1) is 0 Å². The quantitative estimate of drug-likeness (QED) is 0.468. The van der Waals surface area contributed by atoms with Gasteiger partial charge in [-0.2, -0.15) is 0 Å². The first-order chi connectivity index (χ1) is 5.59. The zero-order valence-corrected chi connectivity index (χ0v) is 6.49. The summed E-state index contributed by atoms with van der Waals surface area (Å²) in [5.74, 6) is -2.24. The lowest BCUT2D eigenvalue weighted by Crippen LogP contribution is -2.94. The average Bonchev–Trinajstić information content (AvgIpc) is 2.34. The van der Waals surface area contributed by atoms with Crippen LogP contribution in [0.15, 0.2) is 0 Å². The van der Waals surface area contributed by atoms with E-state index in [0.717, 1.165) is 0 Å². The van der Waals surface area contributed by atoms with Crippen LogP contribution in [0.3, 0.4) is 0 Å². The zero-order valence-electron chi connectivity index (χ0n) is 6.49. The molecule has 1 aliphatic heterocycles. The third-order valence-corrected chi connectivity index (χ3v) is 2.08. The van der Waals surface area contributed by atoms with Crippen molar-refractivity contribution in [2.45, 2.75) is 31.3 Å². The Bertz CT molecular complexity index is 204. The van der Waals surface area contributed by atoms with E-state index in [1.165, 1.54) is 5.32 Å². The van der Waals surface area contributed by atoms with Crippen LogP contribution in [-0.2, 0) is 9.59 Å². The second-order valence-electron chi connectivity index (χ2n) is 3.03. The predicted molar refractivity (Wildman–Crippen MR) is 33.4 cm³/mol. The first-order valence-corrected chi connectivity index (χ1v) is 3.85. The van der Waals surface area contributed by atoms with E-state index in [9.17, 15) is 19.8 Å². The highest BCUT2D eigenvalue weighted by atomic mass is 16.4. The molecule has 2 atom stereocenters. The van der Waals surface area contributed by atoms with Crippen molar-refractivity contribution in [3.8, 4) is 0 Å². The number of nitrogens with two attached hydrogens (primary N) is 1. The summed E-state index contributed by atoms with van der Waals surface area (Å²) < 4.78 is 0. The lowest BCUT2D eigenvalue weighted by molar-refractivity contribution is -0.695. The molecule has 1 saturated heterocycles. The van der Waals surface area contributed by atoms with Gasteiger partial charge in [0, 0.05) is 25.2 Å². The largest absolute Gasteiger partial charge is 0.550 e. The van der Waals surface area contributed by atoms with Crippen molar-refractivity contribution in [2.75, 3.05) is 0 Å². The summed E-state index contributed by atoms with van der Waals surface area (Å²) in [5, 5.41) is 22.0. The second-order valence-corrected chi connectivity index (χ2v) is 3.03. The minimum absolute atomic E-state index is 0.0796. The summed E-state index contributed by atoms with van der Waals surface area (Å²) in [4.78, 5) is 20.5. The maximum absolute atomic E-state index is 10.3. The van der Waals surface area contributed by atoms with E-state index in [-0.39, 0.29) is 12.5 Å². The molecule has 0 spiro atoms. The predicted octanol–water partition coefficient (Wildman–Crippen LogP) is -4.03. The molecule has 12 heavy (non-hydrogen) atoms. The molecule has 0 bridgehead atoms. The van der Waals surface area contributed by atoms with Crippen LogP contribution >= 0.6 is 0 Å². The van der Waals surface area contributed by atoms with Crippen molar-refractivity contribution in [3.05, 3.63) is 0 Å². The molecule has 0 unspecified atom stereocenters. The van der Waals surface area contributed by atoms with E-state index >= 15 is 0 Å². The molecule has 68 valence electrons. The molecule has 0 aromatic rings. The van der Waals surface area contributed by atoms with Crippen LogP contribution in [0, 0.1) is 0 Å². The molecule has 5 nitrogen and oxygen atoms in total. The van der Waals surface area contributed by atoms with Crippen molar-refractivity contribution >= 4 is 11.9 Å². The van der Waals surface area contributed by atoms with Crippen LogP contribution in [0.4, 0.5) is 0 Å². The minimum Gasteiger partial charge on any atom is -0.550 e. The molecule has 0 saturated carbocycles. The summed E-state index contributed by atoms with van der Waals surface area (Å²) in [6.45, 7) is 0. The topological polar surface area (TPSA) is 96.9 Å². The highest BCUT2D eigenvalue weighted by Crippen LogP contribution is 2.06. The van der Waals surface area contributed by atoms with Gasteiger partial charge in [0.05, 0.1) is 12.0 Å². The van der Waals surface area contributed by atoms with Crippen LogP contribution < -0.4 is 15.5 Å². The fourth-order valence-corrected chi connectivity index (χ4v) is 1.50. The number of carbonyl (C=O) groups is 2. The molecule has 0 amide bonds. The Kier molecular flexibility index (Phi) is 2.65. The van der Waals surface area contributed by atoms with Gasteiger partial charge in [0.15, 0.2) is 0 Å². The third kappa shape index (κ3) is 2.20. The fourth-order valence-electron chi connectivity index (χ4n) is 1.50. The lowest BCUT2D eigenvalue weighted by atomic mass is 10.1. The van der Waals surface area contributed by atoms with E-state index in [2.05, 4.69) is 0 Å². The smallest absolute Gasteiger partial charge is 0.126 e. The zero-order chi connectivity index (χ0) is 9.14. The molecule has 5 heteroatoms. The molecule has 1 heterocycles. The summed E-state index contributed by atoms with van der Waals surface area (Å²) in [5.41, 5.74) is 0. The lowest BCUT2D eigenvalue weighted by Gasteiger charge is -2.11. The van der Waals surface area contributed by atoms with Crippen LogP contribution in [0.5, 0.6) is 0 Å². The van der Waals surface area contributed by atoms with Gasteiger partial charge in [0.1, 0.15) is 6.04 Å². The number of carboxylic acid groups (broad SMARTS) is 2. The van der Waals surface area contributed by atoms with Crippen molar-refractivity contribution in [2.24, 2.45) is 0 Å².